The third-order valence-electron chi connectivity index (χ3n) is 3.25. The Labute approximate surface area is 147 Å². The number of esters is 1. The molecule has 2 aromatic rings. The van der Waals surface area contributed by atoms with Gasteiger partial charge in [-0.15, -0.1) is 0 Å². The first-order valence-corrected chi connectivity index (χ1v) is 7.29. The monoisotopic (exact) mass is 349 g/mol. The standard InChI is InChI=1S/C18H11N3O5/c22-10-19-14-3-1-13(2-4-14)9-17(21-12-24)18(25)26-16-7-5-15(6-8-16)20-11-23/h1-8,17H,9H2. The average molecular weight is 349 g/mol. The highest BCUT2D eigenvalue weighted by Gasteiger charge is 2.21. The van der Waals surface area contributed by atoms with Crippen molar-refractivity contribution in [2.75, 3.05) is 0 Å². The summed E-state index contributed by atoms with van der Waals surface area (Å²) in [5, 5.41) is 0. The highest BCUT2D eigenvalue weighted by molar-refractivity contribution is 5.79. The second-order valence-corrected chi connectivity index (χ2v) is 4.93. The van der Waals surface area contributed by atoms with Crippen molar-refractivity contribution in [3.8, 4) is 5.75 Å². The Morgan fingerprint density at radius 2 is 1.38 bits per heavy atom. The van der Waals surface area contributed by atoms with Gasteiger partial charge >= 0.3 is 5.97 Å². The summed E-state index contributed by atoms with van der Waals surface area (Å²) in [4.78, 5) is 53.6. The number of aliphatic imine (C=N–C) groups is 3. The summed E-state index contributed by atoms with van der Waals surface area (Å²) >= 11 is 0. The van der Waals surface area contributed by atoms with Crippen molar-refractivity contribution < 1.29 is 23.9 Å². The maximum Gasteiger partial charge on any atom is 0.337 e. The number of carbonyl (C=O) groups is 1. The molecule has 128 valence electrons. The Balaban J connectivity index is 2.09. The van der Waals surface area contributed by atoms with Crippen LogP contribution in [-0.4, -0.2) is 30.3 Å². The number of carbonyl (C=O) groups excluding carboxylic acids is 4. The number of isocyanates is 3. The summed E-state index contributed by atoms with van der Waals surface area (Å²) in [5.41, 5.74) is 1.46. The Hall–Kier alpha value is -3.95. The number of ether oxygens (including phenoxy) is 1. The van der Waals surface area contributed by atoms with E-state index in [-0.39, 0.29) is 12.2 Å². The van der Waals surface area contributed by atoms with Crippen molar-refractivity contribution in [3.63, 3.8) is 0 Å². The summed E-state index contributed by atoms with van der Waals surface area (Å²) < 4.78 is 5.18. The van der Waals surface area contributed by atoms with Crippen LogP contribution in [0.25, 0.3) is 0 Å². The smallest absolute Gasteiger partial charge is 0.337 e. The Kier molecular flexibility index (Phi) is 6.63. The zero-order chi connectivity index (χ0) is 18.8. The lowest BCUT2D eigenvalue weighted by atomic mass is 10.1. The molecule has 0 spiro atoms. The molecule has 2 aromatic carbocycles. The van der Waals surface area contributed by atoms with E-state index in [1.807, 2.05) is 0 Å². The molecule has 8 heteroatoms. The predicted octanol–water partition coefficient (Wildman–Crippen LogP) is 2.47. The summed E-state index contributed by atoms with van der Waals surface area (Å²) in [6.07, 6.45) is 4.29. The first-order chi connectivity index (χ1) is 12.7. The van der Waals surface area contributed by atoms with E-state index in [1.54, 1.807) is 24.3 Å². The van der Waals surface area contributed by atoms with Crippen LogP contribution in [0.15, 0.2) is 63.5 Å². The number of benzene rings is 2. The van der Waals surface area contributed by atoms with E-state index in [0.29, 0.717) is 16.9 Å². The van der Waals surface area contributed by atoms with Crippen molar-refractivity contribution >= 4 is 35.6 Å². The lowest BCUT2D eigenvalue weighted by Gasteiger charge is -2.11. The van der Waals surface area contributed by atoms with Crippen molar-refractivity contribution in [1.82, 2.24) is 0 Å². The van der Waals surface area contributed by atoms with Gasteiger partial charge in [-0.2, -0.15) is 15.0 Å². The molecule has 0 aliphatic carbocycles. The molecule has 1 atom stereocenters. The molecule has 0 radical (unpaired) electrons. The van der Waals surface area contributed by atoms with Gasteiger partial charge in [0.2, 0.25) is 18.2 Å². The van der Waals surface area contributed by atoms with E-state index in [2.05, 4.69) is 15.0 Å². The van der Waals surface area contributed by atoms with Gasteiger partial charge in [0.15, 0.2) is 6.04 Å². The minimum atomic E-state index is -1.08. The van der Waals surface area contributed by atoms with Gasteiger partial charge in [-0.05, 0) is 42.0 Å². The van der Waals surface area contributed by atoms with Crippen LogP contribution >= 0.6 is 0 Å². The fourth-order valence-electron chi connectivity index (χ4n) is 2.05. The summed E-state index contributed by atoms with van der Waals surface area (Å²) in [6, 6.07) is 11.2. The highest BCUT2D eigenvalue weighted by Crippen LogP contribution is 2.19. The van der Waals surface area contributed by atoms with Crippen molar-refractivity contribution in [1.29, 1.82) is 0 Å². The summed E-state index contributed by atoms with van der Waals surface area (Å²) in [5.74, 6) is -0.531. The predicted molar refractivity (Wildman–Crippen MR) is 89.7 cm³/mol. The summed E-state index contributed by atoms with van der Waals surface area (Å²) in [6.45, 7) is 0. The zero-order valence-corrected chi connectivity index (χ0v) is 13.3. The normalized spacial score (nSPS) is 10.5. The molecular formula is C18H11N3O5. The lowest BCUT2D eigenvalue weighted by molar-refractivity contribution is -0.135. The molecule has 0 saturated carbocycles. The van der Waals surface area contributed by atoms with E-state index in [4.69, 9.17) is 4.74 Å². The first-order valence-electron chi connectivity index (χ1n) is 7.29. The van der Waals surface area contributed by atoms with Gasteiger partial charge in [-0.3, -0.25) is 0 Å². The molecule has 2 rings (SSSR count). The molecule has 0 aliphatic heterocycles. The van der Waals surface area contributed by atoms with Crippen LogP contribution in [0.3, 0.4) is 0 Å². The second-order valence-electron chi connectivity index (χ2n) is 4.93. The molecule has 0 bridgehead atoms. The topological polar surface area (TPSA) is 115 Å². The molecule has 1 unspecified atom stereocenters. The molecule has 0 N–H and O–H groups in total. The van der Waals surface area contributed by atoms with Crippen molar-refractivity contribution in [2.45, 2.75) is 12.5 Å². The molecule has 0 heterocycles. The Morgan fingerprint density at radius 3 is 1.88 bits per heavy atom. The maximum atomic E-state index is 12.2. The largest absolute Gasteiger partial charge is 0.425 e. The lowest BCUT2D eigenvalue weighted by Crippen LogP contribution is -2.26. The molecule has 0 aliphatic rings. The van der Waals surface area contributed by atoms with Crippen molar-refractivity contribution in [3.05, 3.63) is 54.1 Å². The van der Waals surface area contributed by atoms with Gasteiger partial charge in [0.1, 0.15) is 5.75 Å². The fourth-order valence-corrected chi connectivity index (χ4v) is 2.05. The molecule has 0 amide bonds. The van der Waals surface area contributed by atoms with Crippen LogP contribution in [0.2, 0.25) is 0 Å². The third-order valence-corrected chi connectivity index (χ3v) is 3.25. The SMILES string of the molecule is O=C=Nc1ccc(CC(N=C=O)C(=O)Oc2ccc(N=C=O)cc2)cc1. The van der Waals surface area contributed by atoms with Crippen LogP contribution in [0, 0.1) is 0 Å². The summed E-state index contributed by atoms with van der Waals surface area (Å²) in [7, 11) is 0. The van der Waals surface area contributed by atoms with Crippen LogP contribution in [-0.2, 0) is 25.6 Å². The molecule has 8 nitrogen and oxygen atoms in total. The molecule has 0 saturated heterocycles. The maximum absolute atomic E-state index is 12.2. The Bertz CT molecular complexity index is 918. The molecular weight excluding hydrogens is 338 g/mol. The first kappa shape index (κ1) is 18.4. The van der Waals surface area contributed by atoms with Crippen LogP contribution in [0.1, 0.15) is 5.56 Å². The Morgan fingerprint density at radius 1 is 0.846 bits per heavy atom. The van der Waals surface area contributed by atoms with Crippen LogP contribution in [0.5, 0.6) is 5.75 Å². The number of nitrogens with zero attached hydrogens (tertiary/aromatic N) is 3. The van der Waals surface area contributed by atoms with E-state index in [0.717, 1.165) is 0 Å². The average Bonchev–Trinajstić information content (AvgIpc) is 2.65. The number of rotatable bonds is 7. The minimum absolute atomic E-state index is 0.104. The van der Waals surface area contributed by atoms with Crippen LogP contribution < -0.4 is 4.74 Å². The van der Waals surface area contributed by atoms with Gasteiger partial charge < -0.3 is 4.74 Å². The van der Waals surface area contributed by atoms with Crippen molar-refractivity contribution in [2.24, 2.45) is 15.0 Å². The van der Waals surface area contributed by atoms with E-state index in [9.17, 15) is 19.2 Å². The zero-order valence-electron chi connectivity index (χ0n) is 13.3. The van der Waals surface area contributed by atoms with E-state index < -0.39 is 12.0 Å². The molecule has 0 fully saturated rings. The molecule has 26 heavy (non-hydrogen) atoms. The van der Waals surface area contributed by atoms with E-state index >= 15 is 0 Å². The second kappa shape index (κ2) is 9.37. The molecule has 0 aromatic heterocycles. The van der Waals surface area contributed by atoms with Gasteiger partial charge in [0.25, 0.3) is 0 Å². The fraction of sp³-hybridized carbons (Fsp3) is 0.111. The minimum Gasteiger partial charge on any atom is -0.425 e. The highest BCUT2D eigenvalue weighted by atomic mass is 16.5. The number of hydrogen-bond acceptors (Lipinski definition) is 8. The van der Waals surface area contributed by atoms with Gasteiger partial charge in [0, 0.05) is 6.42 Å². The van der Waals surface area contributed by atoms with E-state index in [1.165, 1.54) is 42.5 Å². The quantitative estimate of drug-likeness (QED) is 0.330. The third kappa shape index (κ3) is 5.30. The van der Waals surface area contributed by atoms with Gasteiger partial charge in [0.05, 0.1) is 11.4 Å². The van der Waals surface area contributed by atoms with Gasteiger partial charge in [-0.25, -0.2) is 19.2 Å². The number of hydrogen-bond donors (Lipinski definition) is 0. The van der Waals surface area contributed by atoms with Gasteiger partial charge in [-0.1, -0.05) is 12.1 Å². The van der Waals surface area contributed by atoms with Crippen LogP contribution in [0.4, 0.5) is 11.4 Å².